The highest BCUT2D eigenvalue weighted by Gasteiger charge is 2.29. The lowest BCUT2D eigenvalue weighted by Gasteiger charge is -2.12. The Kier molecular flexibility index (Phi) is 6.56. The number of aromatic nitrogens is 2. The smallest absolute Gasteiger partial charge is 0.334 e. The number of aryl methyl sites for hydroxylation is 2. The molecule has 0 aliphatic carbocycles. The Bertz CT molecular complexity index is 1220. The van der Waals surface area contributed by atoms with Crippen molar-refractivity contribution < 1.29 is 17.4 Å². The third-order valence-electron chi connectivity index (χ3n) is 5.12. The zero-order chi connectivity index (χ0) is 22.9. The summed E-state index contributed by atoms with van der Waals surface area (Å²) in [6.45, 7) is 10.7. The van der Waals surface area contributed by atoms with Gasteiger partial charge in [-0.25, -0.2) is 9.78 Å². The Morgan fingerprint density at radius 1 is 1.26 bits per heavy atom. The van der Waals surface area contributed by atoms with Crippen LogP contribution in [0.4, 0.5) is 4.79 Å². The Morgan fingerprint density at radius 3 is 2.52 bits per heavy atom. The number of carbonyl (C=O) groups is 1. The zero-order valence-electron chi connectivity index (χ0n) is 18.3. The lowest BCUT2D eigenvalue weighted by molar-refractivity contribution is 0.213. The summed E-state index contributed by atoms with van der Waals surface area (Å²) in [5.41, 5.74) is 9.35. The number of hydrogen-bond acceptors (Lipinski definition) is 6. The van der Waals surface area contributed by atoms with Crippen LogP contribution >= 0.6 is 11.3 Å². The first-order valence-corrected chi connectivity index (χ1v) is 12.2. The van der Waals surface area contributed by atoms with Crippen LogP contribution in [0, 0.1) is 26.7 Å². The Balaban J connectivity index is 2.10. The van der Waals surface area contributed by atoms with Crippen molar-refractivity contribution in [2.45, 2.75) is 51.8 Å². The van der Waals surface area contributed by atoms with Crippen molar-refractivity contribution in [3.63, 3.8) is 0 Å². The van der Waals surface area contributed by atoms with Crippen molar-refractivity contribution in [1.29, 1.82) is 0 Å². The van der Waals surface area contributed by atoms with Gasteiger partial charge in [-0.3, -0.25) is 0 Å². The fourth-order valence-electron chi connectivity index (χ4n) is 3.54. The summed E-state index contributed by atoms with van der Waals surface area (Å²) in [6.07, 6.45) is 3.08. The molecule has 0 spiro atoms. The van der Waals surface area contributed by atoms with Crippen molar-refractivity contribution >= 4 is 27.5 Å². The number of carbonyl (C=O) groups excluding carboxylic acids is 1. The van der Waals surface area contributed by atoms with Crippen LogP contribution in [0.5, 0.6) is 0 Å². The summed E-state index contributed by atoms with van der Waals surface area (Å²) in [5.74, 6) is 1.27. The van der Waals surface area contributed by atoms with Crippen LogP contribution in [-0.2, 0) is 27.3 Å². The van der Waals surface area contributed by atoms with Gasteiger partial charge in [0.2, 0.25) is 0 Å². The third kappa shape index (κ3) is 4.99. The van der Waals surface area contributed by atoms with Gasteiger partial charge in [0.15, 0.2) is 4.21 Å². The summed E-state index contributed by atoms with van der Waals surface area (Å²) in [6, 6.07) is 5.87. The highest BCUT2D eigenvalue weighted by atomic mass is 32.3. The van der Waals surface area contributed by atoms with Gasteiger partial charge in [0, 0.05) is 29.4 Å². The summed E-state index contributed by atoms with van der Waals surface area (Å²) in [7, 11) is -4.31. The molecule has 0 bridgehead atoms. The van der Waals surface area contributed by atoms with Crippen molar-refractivity contribution in [2.24, 2.45) is 11.7 Å². The van der Waals surface area contributed by atoms with E-state index in [1.54, 1.807) is 6.20 Å². The van der Waals surface area contributed by atoms with Crippen LogP contribution in [0.2, 0.25) is 0 Å². The van der Waals surface area contributed by atoms with Gasteiger partial charge in [-0.05, 0) is 55.4 Å². The van der Waals surface area contributed by atoms with Crippen molar-refractivity contribution in [3.8, 4) is 11.1 Å². The Labute approximate surface area is 187 Å². The SMILES string of the molecule is Cc1cc(-c2c(S(=O)(=O)OC(N)=O)sc(CC(C)C)c2C)ccc1Cn1ccnc1C. The van der Waals surface area contributed by atoms with E-state index in [-0.39, 0.29) is 4.21 Å². The van der Waals surface area contributed by atoms with E-state index in [1.165, 1.54) is 0 Å². The molecule has 0 atom stereocenters. The molecule has 9 heteroatoms. The molecule has 3 aromatic rings. The molecule has 0 unspecified atom stereocenters. The van der Waals surface area contributed by atoms with Gasteiger partial charge in [0.1, 0.15) is 5.82 Å². The first kappa shape index (κ1) is 23.0. The first-order chi connectivity index (χ1) is 14.5. The maximum atomic E-state index is 12.8. The number of primary amides is 1. The topological polar surface area (TPSA) is 104 Å². The average molecular weight is 462 g/mol. The lowest BCUT2D eigenvalue weighted by atomic mass is 9.97. The normalized spacial score (nSPS) is 11.8. The number of nitrogens with two attached hydrogens (primary N) is 1. The lowest BCUT2D eigenvalue weighted by Crippen LogP contribution is -2.18. The quantitative estimate of drug-likeness (QED) is 0.519. The van der Waals surface area contributed by atoms with Crippen LogP contribution in [0.3, 0.4) is 0 Å². The standard InChI is InChI=1S/C22H27N3O4S2/c1-13(2)10-19-15(4)20(21(30-19)31(27,28)29-22(23)26)17-6-7-18(14(3)11-17)12-25-9-8-24-16(25)5/h6-9,11,13H,10,12H2,1-5H3,(H2,23,26). The molecule has 0 saturated carbocycles. The maximum Gasteiger partial charge on any atom is 0.420 e. The van der Waals surface area contributed by atoms with Gasteiger partial charge in [0.05, 0.1) is 0 Å². The third-order valence-corrected chi connectivity index (χ3v) is 8.13. The number of benzene rings is 1. The van der Waals surface area contributed by atoms with Crippen LogP contribution in [0.25, 0.3) is 11.1 Å². The predicted octanol–water partition coefficient (Wildman–Crippen LogP) is 4.57. The van der Waals surface area contributed by atoms with E-state index in [2.05, 4.69) is 27.6 Å². The number of thiophene rings is 1. The van der Waals surface area contributed by atoms with Crippen LogP contribution in [0.15, 0.2) is 34.8 Å². The van der Waals surface area contributed by atoms with Crippen LogP contribution in [0.1, 0.15) is 41.2 Å². The van der Waals surface area contributed by atoms with E-state index in [4.69, 9.17) is 5.73 Å². The molecule has 2 N–H and O–H groups in total. The second kappa shape index (κ2) is 8.84. The van der Waals surface area contributed by atoms with Crippen molar-refractivity contribution in [1.82, 2.24) is 9.55 Å². The molecule has 2 aromatic heterocycles. The zero-order valence-corrected chi connectivity index (χ0v) is 19.9. The fraction of sp³-hybridized carbons (Fsp3) is 0.364. The molecular weight excluding hydrogens is 434 g/mol. The maximum absolute atomic E-state index is 12.8. The number of amides is 1. The second-order valence-electron chi connectivity index (χ2n) is 8.01. The van der Waals surface area contributed by atoms with Gasteiger partial charge in [-0.15, -0.1) is 11.3 Å². The number of nitrogens with zero attached hydrogens (tertiary/aromatic N) is 2. The van der Waals surface area contributed by atoms with Gasteiger partial charge in [-0.1, -0.05) is 32.0 Å². The molecule has 0 aliphatic rings. The van der Waals surface area contributed by atoms with E-state index >= 15 is 0 Å². The highest BCUT2D eigenvalue weighted by molar-refractivity contribution is 7.89. The number of imidazole rings is 1. The van der Waals surface area contributed by atoms with E-state index in [0.29, 0.717) is 18.0 Å². The summed E-state index contributed by atoms with van der Waals surface area (Å²) < 4.78 is 32.1. The van der Waals surface area contributed by atoms with E-state index < -0.39 is 16.2 Å². The predicted molar refractivity (Wildman–Crippen MR) is 122 cm³/mol. The molecule has 2 heterocycles. The molecule has 0 radical (unpaired) electrons. The molecule has 1 aromatic carbocycles. The Hall–Kier alpha value is -2.65. The van der Waals surface area contributed by atoms with Gasteiger partial charge >= 0.3 is 16.2 Å². The molecule has 1 amide bonds. The highest BCUT2D eigenvalue weighted by Crippen LogP contribution is 2.41. The molecular formula is C22H27N3O4S2. The molecule has 7 nitrogen and oxygen atoms in total. The molecule has 0 saturated heterocycles. The van der Waals surface area contributed by atoms with Gasteiger partial charge < -0.3 is 14.5 Å². The second-order valence-corrected chi connectivity index (χ2v) is 10.9. The number of hydrogen-bond donors (Lipinski definition) is 1. The molecule has 0 aliphatic heterocycles. The van der Waals surface area contributed by atoms with E-state index in [9.17, 15) is 13.2 Å². The van der Waals surface area contributed by atoms with Crippen molar-refractivity contribution in [2.75, 3.05) is 0 Å². The minimum atomic E-state index is -4.31. The molecule has 3 rings (SSSR count). The van der Waals surface area contributed by atoms with Crippen LogP contribution in [-0.4, -0.2) is 24.1 Å². The van der Waals surface area contributed by atoms with E-state index in [0.717, 1.165) is 50.7 Å². The Morgan fingerprint density at radius 2 is 1.97 bits per heavy atom. The molecule has 31 heavy (non-hydrogen) atoms. The van der Waals surface area contributed by atoms with Crippen LogP contribution < -0.4 is 5.73 Å². The van der Waals surface area contributed by atoms with E-state index in [1.807, 2.05) is 45.2 Å². The minimum absolute atomic E-state index is 0.0112. The number of rotatable bonds is 7. The molecule has 166 valence electrons. The largest absolute Gasteiger partial charge is 0.420 e. The monoisotopic (exact) mass is 461 g/mol. The van der Waals surface area contributed by atoms with Gasteiger partial charge in [-0.2, -0.15) is 8.42 Å². The summed E-state index contributed by atoms with van der Waals surface area (Å²) >= 11 is 1.14. The summed E-state index contributed by atoms with van der Waals surface area (Å²) in [5, 5.41) is 0. The molecule has 0 fully saturated rings. The average Bonchev–Trinajstić information content (AvgIpc) is 3.19. The summed E-state index contributed by atoms with van der Waals surface area (Å²) in [4.78, 5) is 16.4. The minimum Gasteiger partial charge on any atom is -0.334 e. The van der Waals surface area contributed by atoms with Crippen molar-refractivity contribution in [3.05, 3.63) is 58.0 Å². The van der Waals surface area contributed by atoms with Gasteiger partial charge in [0.25, 0.3) is 0 Å². The fourth-order valence-corrected chi connectivity index (χ4v) is 6.43. The first-order valence-electron chi connectivity index (χ1n) is 9.93.